The summed E-state index contributed by atoms with van der Waals surface area (Å²) in [6.07, 6.45) is 3.31. The van der Waals surface area contributed by atoms with Gasteiger partial charge < -0.3 is 5.32 Å². The molecule has 2 unspecified atom stereocenters. The molecule has 1 fully saturated rings. The standard InChI is InChI=1S/C15H23ClN2O2S/c1-12(14-5-7-15(16)8-6-14)17-10-13-4-3-9-18(11-13)21(2,19)20/h5-8,12-13,17H,3-4,9-11H2,1-2H3. The van der Waals surface area contributed by atoms with Crippen LogP contribution in [0.3, 0.4) is 0 Å². The van der Waals surface area contributed by atoms with E-state index in [9.17, 15) is 8.42 Å². The van der Waals surface area contributed by atoms with Gasteiger partial charge in [0.15, 0.2) is 0 Å². The van der Waals surface area contributed by atoms with E-state index in [4.69, 9.17) is 11.6 Å². The van der Waals surface area contributed by atoms with Gasteiger partial charge in [0, 0.05) is 24.2 Å². The summed E-state index contributed by atoms with van der Waals surface area (Å²) in [7, 11) is -3.06. The Hall–Kier alpha value is -0.620. The molecule has 0 spiro atoms. The van der Waals surface area contributed by atoms with Gasteiger partial charge in [-0.25, -0.2) is 12.7 Å². The van der Waals surface area contributed by atoms with Crippen molar-refractivity contribution in [1.29, 1.82) is 0 Å². The molecular weight excluding hydrogens is 308 g/mol. The summed E-state index contributed by atoms with van der Waals surface area (Å²) in [5.74, 6) is 0.378. The quantitative estimate of drug-likeness (QED) is 0.903. The van der Waals surface area contributed by atoms with Gasteiger partial charge in [-0.05, 0) is 49.9 Å². The van der Waals surface area contributed by atoms with Gasteiger partial charge in [-0.1, -0.05) is 23.7 Å². The van der Waals surface area contributed by atoms with Crippen molar-refractivity contribution in [3.63, 3.8) is 0 Å². The Bertz CT molecular complexity index is 560. The molecule has 0 radical (unpaired) electrons. The van der Waals surface area contributed by atoms with Crippen LogP contribution in [0.1, 0.15) is 31.4 Å². The molecule has 1 N–H and O–H groups in total. The van der Waals surface area contributed by atoms with Gasteiger partial charge in [0.2, 0.25) is 10.0 Å². The Balaban J connectivity index is 1.86. The third-order valence-electron chi connectivity index (χ3n) is 4.03. The van der Waals surface area contributed by atoms with E-state index >= 15 is 0 Å². The number of nitrogens with one attached hydrogen (secondary N) is 1. The summed E-state index contributed by atoms with van der Waals surface area (Å²) in [5, 5.41) is 4.23. The van der Waals surface area contributed by atoms with Gasteiger partial charge in [-0.15, -0.1) is 0 Å². The minimum atomic E-state index is -3.06. The molecule has 1 saturated heterocycles. The molecule has 0 aliphatic carbocycles. The molecule has 118 valence electrons. The van der Waals surface area contributed by atoms with E-state index < -0.39 is 10.0 Å². The Morgan fingerprint density at radius 3 is 2.67 bits per heavy atom. The lowest BCUT2D eigenvalue weighted by Gasteiger charge is -2.31. The summed E-state index contributed by atoms with van der Waals surface area (Å²) < 4.78 is 24.8. The Morgan fingerprint density at radius 1 is 1.38 bits per heavy atom. The predicted octanol–water partition coefficient (Wildman–Crippen LogP) is 2.66. The van der Waals surface area contributed by atoms with E-state index in [-0.39, 0.29) is 6.04 Å². The number of piperidine rings is 1. The lowest BCUT2D eigenvalue weighted by molar-refractivity contribution is 0.257. The molecular formula is C15H23ClN2O2S. The first-order valence-corrected chi connectivity index (χ1v) is 9.53. The molecule has 2 atom stereocenters. The Kier molecular flexibility index (Phi) is 5.66. The van der Waals surface area contributed by atoms with Crippen molar-refractivity contribution in [2.75, 3.05) is 25.9 Å². The zero-order valence-electron chi connectivity index (χ0n) is 12.5. The zero-order chi connectivity index (χ0) is 15.5. The van der Waals surface area contributed by atoms with Crippen LogP contribution in [-0.2, 0) is 10.0 Å². The molecule has 21 heavy (non-hydrogen) atoms. The van der Waals surface area contributed by atoms with Gasteiger partial charge in [0.1, 0.15) is 0 Å². The topological polar surface area (TPSA) is 49.4 Å². The fraction of sp³-hybridized carbons (Fsp3) is 0.600. The Labute approximate surface area is 132 Å². The number of sulfonamides is 1. The first kappa shape index (κ1) is 16.7. The van der Waals surface area contributed by atoms with E-state index in [2.05, 4.69) is 12.2 Å². The third-order valence-corrected chi connectivity index (χ3v) is 5.56. The van der Waals surface area contributed by atoms with Crippen molar-refractivity contribution in [3.8, 4) is 0 Å². The highest BCUT2D eigenvalue weighted by molar-refractivity contribution is 7.88. The molecule has 0 saturated carbocycles. The summed E-state index contributed by atoms with van der Waals surface area (Å²) in [6.45, 7) is 4.22. The van der Waals surface area contributed by atoms with Gasteiger partial charge in [-0.3, -0.25) is 0 Å². The largest absolute Gasteiger partial charge is 0.310 e. The molecule has 0 amide bonds. The number of hydrogen-bond donors (Lipinski definition) is 1. The summed E-state index contributed by atoms with van der Waals surface area (Å²) in [5.41, 5.74) is 1.19. The van der Waals surface area contributed by atoms with Gasteiger partial charge in [0.05, 0.1) is 6.26 Å². The maximum atomic E-state index is 11.6. The molecule has 1 aromatic carbocycles. The molecule has 1 aliphatic heterocycles. The van der Waals surface area contributed by atoms with E-state index in [1.165, 1.54) is 11.8 Å². The second kappa shape index (κ2) is 7.09. The van der Waals surface area contributed by atoms with Crippen LogP contribution in [0.4, 0.5) is 0 Å². The summed E-state index contributed by atoms with van der Waals surface area (Å²) in [6, 6.07) is 8.05. The molecule has 0 bridgehead atoms. The van der Waals surface area contributed by atoms with Crippen LogP contribution in [0, 0.1) is 5.92 Å². The third kappa shape index (κ3) is 4.95. The zero-order valence-corrected chi connectivity index (χ0v) is 14.1. The van der Waals surface area contributed by atoms with Gasteiger partial charge in [0.25, 0.3) is 0 Å². The van der Waals surface area contributed by atoms with Crippen molar-refractivity contribution in [1.82, 2.24) is 9.62 Å². The van der Waals surface area contributed by atoms with Crippen LogP contribution in [0.15, 0.2) is 24.3 Å². The summed E-state index contributed by atoms with van der Waals surface area (Å²) >= 11 is 5.89. The molecule has 4 nitrogen and oxygen atoms in total. The highest BCUT2D eigenvalue weighted by atomic mass is 35.5. The van der Waals surface area contributed by atoms with Crippen LogP contribution in [0.25, 0.3) is 0 Å². The monoisotopic (exact) mass is 330 g/mol. The SMILES string of the molecule is CC(NCC1CCCN(S(C)(=O)=O)C1)c1ccc(Cl)cc1. The lowest BCUT2D eigenvalue weighted by Crippen LogP contribution is -2.42. The molecule has 1 aliphatic rings. The molecule has 0 aromatic heterocycles. The van der Waals surface area contributed by atoms with E-state index in [0.29, 0.717) is 19.0 Å². The number of hydrogen-bond acceptors (Lipinski definition) is 3. The number of halogens is 1. The minimum Gasteiger partial charge on any atom is -0.310 e. The van der Waals surface area contributed by atoms with Gasteiger partial charge in [-0.2, -0.15) is 0 Å². The van der Waals surface area contributed by atoms with E-state index in [1.54, 1.807) is 4.31 Å². The average molecular weight is 331 g/mol. The number of rotatable bonds is 5. The van der Waals surface area contributed by atoms with Crippen LogP contribution in [0.5, 0.6) is 0 Å². The maximum Gasteiger partial charge on any atom is 0.211 e. The van der Waals surface area contributed by atoms with E-state index in [0.717, 1.165) is 24.4 Å². The molecule has 6 heteroatoms. The molecule has 1 heterocycles. The summed E-state index contributed by atoms with van der Waals surface area (Å²) in [4.78, 5) is 0. The average Bonchev–Trinajstić information content (AvgIpc) is 2.45. The Morgan fingerprint density at radius 2 is 2.05 bits per heavy atom. The van der Waals surface area contributed by atoms with Crippen LogP contribution in [-0.4, -0.2) is 38.6 Å². The highest BCUT2D eigenvalue weighted by Gasteiger charge is 2.25. The van der Waals surface area contributed by atoms with Crippen LogP contribution >= 0.6 is 11.6 Å². The molecule has 2 rings (SSSR count). The molecule has 1 aromatic rings. The van der Waals surface area contributed by atoms with Crippen LogP contribution in [0.2, 0.25) is 5.02 Å². The van der Waals surface area contributed by atoms with Crippen molar-refractivity contribution in [2.45, 2.75) is 25.8 Å². The normalized spacial score (nSPS) is 22.1. The fourth-order valence-electron chi connectivity index (χ4n) is 2.71. The fourth-order valence-corrected chi connectivity index (χ4v) is 3.78. The van der Waals surface area contributed by atoms with E-state index in [1.807, 2.05) is 24.3 Å². The predicted molar refractivity (Wildman–Crippen MR) is 87.0 cm³/mol. The highest BCUT2D eigenvalue weighted by Crippen LogP contribution is 2.20. The maximum absolute atomic E-state index is 11.6. The first-order chi connectivity index (χ1) is 9.86. The second-order valence-electron chi connectivity index (χ2n) is 5.81. The lowest BCUT2D eigenvalue weighted by atomic mass is 9.99. The smallest absolute Gasteiger partial charge is 0.211 e. The minimum absolute atomic E-state index is 0.232. The number of nitrogens with zero attached hydrogens (tertiary/aromatic N) is 1. The van der Waals surface area contributed by atoms with Crippen molar-refractivity contribution in [2.24, 2.45) is 5.92 Å². The van der Waals surface area contributed by atoms with Crippen LogP contribution < -0.4 is 5.32 Å². The van der Waals surface area contributed by atoms with Gasteiger partial charge >= 0.3 is 0 Å². The van der Waals surface area contributed by atoms with Crippen molar-refractivity contribution in [3.05, 3.63) is 34.9 Å². The second-order valence-corrected chi connectivity index (χ2v) is 8.23. The number of benzene rings is 1. The first-order valence-electron chi connectivity index (χ1n) is 7.30. The van der Waals surface area contributed by atoms with Crippen molar-refractivity contribution >= 4 is 21.6 Å². The van der Waals surface area contributed by atoms with Crippen molar-refractivity contribution < 1.29 is 8.42 Å².